The van der Waals surface area contributed by atoms with Gasteiger partial charge in [0.2, 0.25) is 9.04 Å². The number of aromatic nitrogens is 2. The highest BCUT2D eigenvalue weighted by Gasteiger charge is 2.04. The van der Waals surface area contributed by atoms with Gasteiger partial charge in [-0.05, 0) is 25.2 Å². The molecule has 0 atom stereocenters. The first-order chi connectivity index (χ1) is 8.66. The molecule has 0 bridgehead atoms. The minimum absolute atomic E-state index is 0.826. The van der Waals surface area contributed by atoms with E-state index in [2.05, 4.69) is 23.1 Å². The van der Waals surface area contributed by atoms with Gasteiger partial charge >= 0.3 is 0 Å². The van der Waals surface area contributed by atoms with Crippen LogP contribution in [0.1, 0.15) is 5.82 Å². The highest BCUT2D eigenvalue weighted by molar-refractivity contribution is 6.49. The molecule has 2 rings (SSSR count). The smallest absolute Gasteiger partial charge is 0.229 e. The second-order valence-electron chi connectivity index (χ2n) is 4.29. The lowest BCUT2D eigenvalue weighted by Gasteiger charge is -2.11. The van der Waals surface area contributed by atoms with Gasteiger partial charge in [-0.2, -0.15) is 0 Å². The Kier molecular flexibility index (Phi) is 3.94. The summed E-state index contributed by atoms with van der Waals surface area (Å²) in [5.74, 6) is 1.68. The van der Waals surface area contributed by atoms with Gasteiger partial charge in [-0.3, -0.25) is 0 Å². The van der Waals surface area contributed by atoms with Crippen molar-refractivity contribution < 1.29 is 4.43 Å². The van der Waals surface area contributed by atoms with Crippen LogP contribution in [0.4, 0.5) is 5.69 Å². The summed E-state index contributed by atoms with van der Waals surface area (Å²) >= 11 is 0. The Bertz CT molecular complexity index is 549. The molecule has 0 N–H and O–H groups in total. The molecule has 1 heterocycles. The molecule has 0 saturated heterocycles. The maximum atomic E-state index is 5.84. The third-order valence-corrected chi connectivity index (χ3v) is 3.13. The molecule has 18 heavy (non-hydrogen) atoms. The number of para-hydroxylation sites is 2. The van der Waals surface area contributed by atoms with E-state index in [0.717, 1.165) is 17.3 Å². The van der Waals surface area contributed by atoms with Gasteiger partial charge in [0.05, 0.1) is 6.21 Å². The predicted molar refractivity (Wildman–Crippen MR) is 76.4 cm³/mol. The highest BCUT2D eigenvalue weighted by atomic mass is 28.3. The highest BCUT2D eigenvalue weighted by Crippen LogP contribution is 2.27. The van der Waals surface area contributed by atoms with E-state index in [1.54, 1.807) is 12.4 Å². The summed E-state index contributed by atoms with van der Waals surface area (Å²) in [7, 11) is 0.826. The fourth-order valence-electron chi connectivity index (χ4n) is 1.55. The number of aryl methyl sites for hydroxylation is 1. The number of aliphatic imine (C=N–C) groups is 1. The van der Waals surface area contributed by atoms with E-state index in [0.29, 0.717) is 0 Å². The van der Waals surface area contributed by atoms with Crippen molar-refractivity contribution in [2.24, 2.45) is 12.0 Å². The zero-order chi connectivity index (χ0) is 13.0. The second kappa shape index (κ2) is 5.64. The van der Waals surface area contributed by atoms with Crippen molar-refractivity contribution in [3.05, 3.63) is 42.5 Å². The van der Waals surface area contributed by atoms with Crippen molar-refractivity contribution in [3.63, 3.8) is 0 Å². The maximum Gasteiger partial charge on any atom is 0.229 e. The first-order valence-electron chi connectivity index (χ1n) is 5.94. The van der Waals surface area contributed by atoms with Crippen molar-refractivity contribution in [1.29, 1.82) is 0 Å². The van der Waals surface area contributed by atoms with E-state index in [1.165, 1.54) is 0 Å². The van der Waals surface area contributed by atoms with E-state index in [-0.39, 0.29) is 0 Å². The van der Waals surface area contributed by atoms with E-state index >= 15 is 0 Å². The minimum atomic E-state index is -1.12. The lowest BCUT2D eigenvalue weighted by molar-refractivity contribution is 0.582. The van der Waals surface area contributed by atoms with Crippen LogP contribution in [0.5, 0.6) is 5.75 Å². The molecule has 0 aliphatic rings. The van der Waals surface area contributed by atoms with Gasteiger partial charge in [-0.1, -0.05) is 12.1 Å². The molecule has 4 nitrogen and oxygen atoms in total. The normalized spacial score (nSPS) is 11.3. The van der Waals surface area contributed by atoms with Gasteiger partial charge in [-0.15, -0.1) is 0 Å². The molecule has 5 heteroatoms. The van der Waals surface area contributed by atoms with Crippen molar-refractivity contribution in [2.45, 2.75) is 13.1 Å². The van der Waals surface area contributed by atoms with Crippen LogP contribution in [-0.4, -0.2) is 24.8 Å². The summed E-state index contributed by atoms with van der Waals surface area (Å²) in [6.45, 7) is 4.28. The summed E-state index contributed by atoms with van der Waals surface area (Å²) in [4.78, 5) is 8.65. The molecule has 0 amide bonds. The Morgan fingerprint density at radius 1 is 1.33 bits per heavy atom. The van der Waals surface area contributed by atoms with Gasteiger partial charge < -0.3 is 8.99 Å². The van der Waals surface area contributed by atoms with Gasteiger partial charge in [0.25, 0.3) is 0 Å². The zero-order valence-corrected chi connectivity index (χ0v) is 12.0. The Hall–Kier alpha value is -1.88. The molecule has 2 aromatic rings. The fraction of sp³-hybridized carbons (Fsp3) is 0.231. The topological polar surface area (TPSA) is 39.4 Å². The van der Waals surface area contributed by atoms with Crippen LogP contribution in [0.15, 0.2) is 41.7 Å². The number of hydrogen-bond acceptors (Lipinski definition) is 3. The molecule has 1 aromatic carbocycles. The summed E-state index contributed by atoms with van der Waals surface area (Å²) < 4.78 is 7.76. The summed E-state index contributed by atoms with van der Waals surface area (Å²) in [5, 5.41) is 0. The number of hydrogen-bond donors (Lipinski definition) is 0. The molecule has 0 fully saturated rings. The Balaban J connectivity index is 2.23. The monoisotopic (exact) mass is 259 g/mol. The molecule has 94 valence electrons. The van der Waals surface area contributed by atoms with Crippen LogP contribution in [0.25, 0.3) is 0 Å². The molecule has 0 unspecified atom stereocenters. The molecular weight excluding hydrogens is 242 g/mol. The lowest BCUT2D eigenvalue weighted by atomic mass is 10.3. The second-order valence-corrected chi connectivity index (χ2v) is 6.62. The van der Waals surface area contributed by atoms with Gasteiger partial charge in [-0.25, -0.2) is 9.98 Å². The fourth-order valence-corrected chi connectivity index (χ4v) is 2.25. The van der Waals surface area contributed by atoms with Crippen LogP contribution in [0.3, 0.4) is 0 Å². The Labute approximate surface area is 109 Å². The predicted octanol–water partition coefficient (Wildman–Crippen LogP) is 2.53. The van der Waals surface area contributed by atoms with E-state index in [1.807, 2.05) is 42.1 Å². The van der Waals surface area contributed by atoms with E-state index in [4.69, 9.17) is 4.43 Å². The quantitative estimate of drug-likeness (QED) is 0.625. The third kappa shape index (κ3) is 3.07. The summed E-state index contributed by atoms with van der Waals surface area (Å²) in [6.07, 6.45) is 5.40. The van der Waals surface area contributed by atoms with Crippen LogP contribution in [0, 0.1) is 0 Å². The molecular formula is C13H17N3OSi. The van der Waals surface area contributed by atoms with Crippen LogP contribution in [-0.2, 0) is 7.05 Å². The zero-order valence-electron chi connectivity index (χ0n) is 10.9. The molecule has 0 saturated carbocycles. The van der Waals surface area contributed by atoms with Crippen LogP contribution in [0.2, 0.25) is 13.1 Å². The van der Waals surface area contributed by atoms with Gasteiger partial charge in [0.15, 0.2) is 5.82 Å². The lowest BCUT2D eigenvalue weighted by Crippen LogP contribution is -2.11. The minimum Gasteiger partial charge on any atom is -0.546 e. The van der Waals surface area contributed by atoms with Crippen LogP contribution >= 0.6 is 0 Å². The number of rotatable bonds is 4. The Morgan fingerprint density at radius 2 is 2.11 bits per heavy atom. The molecule has 0 aliphatic heterocycles. The molecule has 0 radical (unpaired) electrons. The van der Waals surface area contributed by atoms with Gasteiger partial charge in [0.1, 0.15) is 11.4 Å². The molecule has 0 aliphatic carbocycles. The Morgan fingerprint density at radius 3 is 2.78 bits per heavy atom. The summed E-state index contributed by atoms with van der Waals surface area (Å²) in [6, 6.07) is 7.83. The van der Waals surface area contributed by atoms with Gasteiger partial charge in [0, 0.05) is 19.4 Å². The van der Waals surface area contributed by atoms with Crippen molar-refractivity contribution in [2.75, 3.05) is 0 Å². The first-order valence-corrected chi connectivity index (χ1v) is 8.72. The number of benzene rings is 1. The average molecular weight is 259 g/mol. The van der Waals surface area contributed by atoms with E-state index < -0.39 is 9.04 Å². The maximum absolute atomic E-state index is 5.84. The molecule has 0 spiro atoms. The average Bonchev–Trinajstić information content (AvgIpc) is 2.73. The standard InChI is InChI=1S/C13H17N3OSi/c1-16-9-8-14-13(16)10-15-11-6-4-5-7-12(11)17-18(2)3/h4-10,18H,1-3H3. The van der Waals surface area contributed by atoms with Crippen molar-refractivity contribution >= 4 is 20.9 Å². The molecule has 1 aromatic heterocycles. The third-order valence-electron chi connectivity index (χ3n) is 2.41. The van der Waals surface area contributed by atoms with E-state index in [9.17, 15) is 0 Å². The van der Waals surface area contributed by atoms with Crippen molar-refractivity contribution in [3.8, 4) is 5.75 Å². The number of nitrogens with zero attached hydrogens (tertiary/aromatic N) is 3. The van der Waals surface area contributed by atoms with Crippen molar-refractivity contribution in [1.82, 2.24) is 9.55 Å². The number of imidazole rings is 1. The SMILES string of the molecule is Cn1ccnc1C=Nc1ccccc1O[SiH](C)C. The largest absolute Gasteiger partial charge is 0.546 e. The summed E-state index contributed by atoms with van der Waals surface area (Å²) in [5.41, 5.74) is 0.849. The first kappa shape index (κ1) is 12.6. The van der Waals surface area contributed by atoms with Crippen LogP contribution < -0.4 is 4.43 Å².